The molecule has 0 radical (unpaired) electrons. The maximum Gasteiger partial charge on any atom is 0.315 e. The molecule has 3 amide bonds. The van der Waals surface area contributed by atoms with Crippen LogP contribution in [0.3, 0.4) is 0 Å². The predicted octanol–water partition coefficient (Wildman–Crippen LogP) is 3.22. The Labute approximate surface area is 152 Å². The molecule has 25 heavy (non-hydrogen) atoms. The number of hydrogen-bond acceptors (Lipinski definition) is 3. The lowest BCUT2D eigenvalue weighted by Crippen LogP contribution is -2.42. The van der Waals surface area contributed by atoms with Gasteiger partial charge in [0.2, 0.25) is 5.91 Å². The van der Waals surface area contributed by atoms with Crippen molar-refractivity contribution < 1.29 is 9.59 Å². The molecule has 0 saturated carbocycles. The van der Waals surface area contributed by atoms with Gasteiger partial charge in [-0.3, -0.25) is 4.79 Å². The van der Waals surface area contributed by atoms with Gasteiger partial charge >= 0.3 is 6.03 Å². The van der Waals surface area contributed by atoms with E-state index in [1.165, 1.54) is 0 Å². The molecule has 1 atom stereocenters. The Hall–Kier alpha value is -2.34. The summed E-state index contributed by atoms with van der Waals surface area (Å²) in [6.45, 7) is 6.51. The fourth-order valence-corrected chi connectivity index (χ4v) is 3.17. The average Bonchev–Trinajstić information content (AvgIpc) is 3.10. The van der Waals surface area contributed by atoms with Gasteiger partial charge in [0.05, 0.1) is 6.04 Å². The van der Waals surface area contributed by atoms with Crippen molar-refractivity contribution in [1.29, 1.82) is 0 Å². The number of carbonyl (C=O) groups is 2. The Morgan fingerprint density at radius 2 is 1.84 bits per heavy atom. The first-order valence-electron chi connectivity index (χ1n) is 8.39. The third kappa shape index (κ3) is 5.90. The minimum absolute atomic E-state index is 0.0153. The normalized spacial score (nSPS) is 11.8. The molecule has 1 aromatic heterocycles. The van der Waals surface area contributed by atoms with Crippen LogP contribution in [-0.2, 0) is 4.79 Å². The quantitative estimate of drug-likeness (QED) is 0.664. The summed E-state index contributed by atoms with van der Waals surface area (Å²) in [7, 11) is 0. The largest absolute Gasteiger partial charge is 0.354 e. The molecule has 0 bridgehead atoms. The smallest absolute Gasteiger partial charge is 0.315 e. The molecule has 2 aromatic rings. The first-order chi connectivity index (χ1) is 12.0. The molecule has 0 aliphatic carbocycles. The lowest BCUT2D eigenvalue weighted by atomic mass is 10.0. The van der Waals surface area contributed by atoms with Gasteiger partial charge in [-0.25, -0.2) is 4.79 Å². The van der Waals surface area contributed by atoms with Gasteiger partial charge in [-0.1, -0.05) is 49.7 Å². The molecule has 1 unspecified atom stereocenters. The second kappa shape index (κ2) is 9.22. The molecule has 0 aliphatic heterocycles. The average molecular weight is 359 g/mol. The van der Waals surface area contributed by atoms with Crippen molar-refractivity contribution in [2.24, 2.45) is 5.92 Å². The van der Waals surface area contributed by atoms with Gasteiger partial charge in [-0.05, 0) is 23.9 Å². The number of carbonyl (C=O) groups excluding carboxylic acids is 2. The third-order valence-electron chi connectivity index (χ3n) is 3.71. The highest BCUT2D eigenvalue weighted by atomic mass is 32.1. The summed E-state index contributed by atoms with van der Waals surface area (Å²) in [5, 5.41) is 10.6. The van der Waals surface area contributed by atoms with E-state index in [4.69, 9.17) is 0 Å². The van der Waals surface area contributed by atoms with Crippen LogP contribution in [0.2, 0.25) is 0 Å². The van der Waals surface area contributed by atoms with Crippen LogP contribution in [0.25, 0.3) is 0 Å². The Balaban J connectivity index is 1.93. The number of hydrogen-bond donors (Lipinski definition) is 3. The second-order valence-corrected chi connectivity index (χ2v) is 7.19. The summed E-state index contributed by atoms with van der Waals surface area (Å²) in [6.07, 6.45) is 0. The van der Waals surface area contributed by atoms with Gasteiger partial charge in [0.25, 0.3) is 0 Å². The van der Waals surface area contributed by atoms with Crippen molar-refractivity contribution in [3.63, 3.8) is 0 Å². The fourth-order valence-electron chi connectivity index (χ4n) is 2.37. The van der Waals surface area contributed by atoms with Crippen LogP contribution in [0, 0.1) is 12.8 Å². The third-order valence-corrected chi connectivity index (χ3v) is 4.65. The number of thiophene rings is 1. The van der Waals surface area contributed by atoms with Crippen LogP contribution >= 0.6 is 11.3 Å². The lowest BCUT2D eigenvalue weighted by Gasteiger charge is -2.19. The van der Waals surface area contributed by atoms with Crippen LogP contribution < -0.4 is 16.0 Å². The molecule has 1 heterocycles. The van der Waals surface area contributed by atoms with Crippen LogP contribution in [0.15, 0.2) is 41.8 Å². The molecule has 0 saturated heterocycles. The Bertz CT molecular complexity index is 698. The van der Waals surface area contributed by atoms with Crippen LogP contribution in [0.4, 0.5) is 4.79 Å². The molecule has 134 valence electrons. The van der Waals surface area contributed by atoms with E-state index in [1.54, 1.807) is 11.3 Å². The minimum atomic E-state index is -0.251. The van der Waals surface area contributed by atoms with Crippen molar-refractivity contribution in [1.82, 2.24) is 16.0 Å². The zero-order valence-electron chi connectivity index (χ0n) is 14.8. The van der Waals surface area contributed by atoms with E-state index in [-0.39, 0.29) is 23.9 Å². The highest BCUT2D eigenvalue weighted by Crippen LogP contribution is 2.26. The zero-order valence-corrected chi connectivity index (χ0v) is 15.7. The number of rotatable bonds is 7. The van der Waals surface area contributed by atoms with E-state index in [9.17, 15) is 9.59 Å². The molecule has 1 aromatic carbocycles. The molecule has 0 spiro atoms. The molecule has 3 N–H and O–H groups in total. The zero-order chi connectivity index (χ0) is 18.2. The molecular formula is C19H25N3O2S. The van der Waals surface area contributed by atoms with Crippen molar-refractivity contribution in [2.45, 2.75) is 26.8 Å². The highest BCUT2D eigenvalue weighted by Gasteiger charge is 2.17. The van der Waals surface area contributed by atoms with E-state index in [1.807, 2.05) is 56.5 Å². The maximum absolute atomic E-state index is 12.3. The van der Waals surface area contributed by atoms with E-state index in [2.05, 4.69) is 22.0 Å². The van der Waals surface area contributed by atoms with Crippen LogP contribution in [0.5, 0.6) is 0 Å². The van der Waals surface area contributed by atoms with Gasteiger partial charge in [0.1, 0.15) is 0 Å². The number of nitrogens with one attached hydrogen (secondary N) is 3. The maximum atomic E-state index is 12.3. The van der Waals surface area contributed by atoms with E-state index >= 15 is 0 Å². The summed E-state index contributed by atoms with van der Waals surface area (Å²) in [6, 6.07) is 11.7. The summed E-state index contributed by atoms with van der Waals surface area (Å²) in [5.41, 5.74) is 2.20. The SMILES string of the molecule is Cc1cccc(C(NC(=O)NCCNC(=O)C(C)C)c2cccs2)c1. The summed E-state index contributed by atoms with van der Waals surface area (Å²) in [5.74, 6) is -0.0724. The lowest BCUT2D eigenvalue weighted by molar-refractivity contribution is -0.123. The van der Waals surface area contributed by atoms with Crippen LogP contribution in [-0.4, -0.2) is 25.0 Å². The molecule has 2 rings (SSSR count). The number of benzene rings is 1. The van der Waals surface area contributed by atoms with Gasteiger partial charge in [0, 0.05) is 23.9 Å². The van der Waals surface area contributed by atoms with E-state index < -0.39 is 0 Å². The number of amides is 3. The molecule has 0 fully saturated rings. The molecular weight excluding hydrogens is 334 g/mol. The van der Waals surface area contributed by atoms with E-state index in [0.717, 1.165) is 16.0 Å². The van der Waals surface area contributed by atoms with Gasteiger partial charge in [0.15, 0.2) is 0 Å². The predicted molar refractivity (Wildman–Crippen MR) is 102 cm³/mol. The van der Waals surface area contributed by atoms with Gasteiger partial charge < -0.3 is 16.0 Å². The molecule has 5 nitrogen and oxygen atoms in total. The van der Waals surface area contributed by atoms with Crippen molar-refractivity contribution in [3.8, 4) is 0 Å². The van der Waals surface area contributed by atoms with Crippen molar-refractivity contribution in [3.05, 3.63) is 57.8 Å². The highest BCUT2D eigenvalue weighted by molar-refractivity contribution is 7.10. The van der Waals surface area contributed by atoms with E-state index in [0.29, 0.717) is 13.1 Å². The van der Waals surface area contributed by atoms with Crippen molar-refractivity contribution >= 4 is 23.3 Å². The Morgan fingerprint density at radius 3 is 2.48 bits per heavy atom. The standard InChI is InChI=1S/C19H25N3O2S/c1-13(2)18(23)20-9-10-21-19(24)22-17(16-8-5-11-25-16)15-7-4-6-14(3)12-15/h4-8,11-13,17H,9-10H2,1-3H3,(H,20,23)(H2,21,22,24). The number of aryl methyl sites for hydroxylation is 1. The van der Waals surface area contributed by atoms with Gasteiger partial charge in [-0.2, -0.15) is 0 Å². The molecule has 0 aliphatic rings. The monoisotopic (exact) mass is 359 g/mol. The first-order valence-corrected chi connectivity index (χ1v) is 9.27. The topological polar surface area (TPSA) is 70.2 Å². The Kier molecular flexibility index (Phi) is 7.01. The first kappa shape index (κ1) is 19.0. The minimum Gasteiger partial charge on any atom is -0.354 e. The fraction of sp³-hybridized carbons (Fsp3) is 0.368. The summed E-state index contributed by atoms with van der Waals surface area (Å²) < 4.78 is 0. The summed E-state index contributed by atoms with van der Waals surface area (Å²) in [4.78, 5) is 24.8. The van der Waals surface area contributed by atoms with Gasteiger partial charge in [-0.15, -0.1) is 11.3 Å². The molecule has 6 heteroatoms. The Morgan fingerprint density at radius 1 is 1.08 bits per heavy atom. The van der Waals surface area contributed by atoms with Crippen molar-refractivity contribution in [2.75, 3.05) is 13.1 Å². The summed E-state index contributed by atoms with van der Waals surface area (Å²) >= 11 is 1.61. The number of urea groups is 1. The second-order valence-electron chi connectivity index (χ2n) is 6.21. The van der Waals surface area contributed by atoms with Crippen LogP contribution in [0.1, 0.15) is 35.9 Å².